The second-order valence-electron chi connectivity index (χ2n) is 8.45. The maximum atomic E-state index is 15.1. The van der Waals surface area contributed by atoms with Crippen molar-refractivity contribution < 1.29 is 9.13 Å². The molecule has 0 radical (unpaired) electrons. The van der Waals surface area contributed by atoms with Crippen molar-refractivity contribution >= 4 is 11.6 Å². The van der Waals surface area contributed by atoms with Crippen molar-refractivity contribution in [3.8, 4) is 0 Å². The third kappa shape index (κ3) is 5.51. The molecule has 0 saturated carbocycles. The number of piperidine rings is 1. The van der Waals surface area contributed by atoms with Crippen LogP contribution in [0, 0.1) is 17.7 Å². The van der Waals surface area contributed by atoms with Crippen LogP contribution in [-0.2, 0) is 4.74 Å². The fraction of sp³-hybridized carbons (Fsp3) is 0.800. The Morgan fingerprint density at radius 3 is 2.70 bits per heavy atom. The number of nitrogens with one attached hydrogen (secondary N) is 2. The van der Waals surface area contributed by atoms with Gasteiger partial charge in [0.05, 0.1) is 12.2 Å². The lowest BCUT2D eigenvalue weighted by molar-refractivity contribution is -0.0747. The van der Waals surface area contributed by atoms with E-state index in [0.29, 0.717) is 30.0 Å². The molecule has 1 aromatic rings. The molecule has 2 fully saturated rings. The van der Waals surface area contributed by atoms with E-state index in [1.807, 2.05) is 11.8 Å². The SMILES string of the molecule is CCN(CC1CCC(C)(C)OC1)c1ncnc(NCC2CCNCC2)c1F. The standard InChI is InChI=1S/C20H34FN5O/c1-4-26(12-16-5-8-20(2,3)27-13-16)19-17(21)18(24-14-25-19)23-11-15-6-9-22-10-7-15/h14-16,22H,4-13H2,1-3H3,(H,23,24,25). The molecule has 152 valence electrons. The molecule has 7 heteroatoms. The molecule has 0 aromatic carbocycles. The van der Waals surface area contributed by atoms with Gasteiger partial charge in [0.1, 0.15) is 6.33 Å². The van der Waals surface area contributed by atoms with E-state index in [0.717, 1.165) is 58.5 Å². The minimum absolute atomic E-state index is 0.0422. The Balaban J connectivity index is 1.61. The molecule has 2 aliphatic heterocycles. The number of hydrogen-bond donors (Lipinski definition) is 2. The van der Waals surface area contributed by atoms with Gasteiger partial charge in [-0.2, -0.15) is 4.39 Å². The van der Waals surface area contributed by atoms with Crippen molar-refractivity contribution in [2.45, 2.75) is 52.1 Å². The highest BCUT2D eigenvalue weighted by molar-refractivity contribution is 5.50. The van der Waals surface area contributed by atoms with Crippen LogP contribution in [0.4, 0.5) is 16.0 Å². The van der Waals surface area contributed by atoms with Crippen LogP contribution in [0.25, 0.3) is 0 Å². The fourth-order valence-electron chi connectivity index (χ4n) is 3.90. The van der Waals surface area contributed by atoms with E-state index in [9.17, 15) is 0 Å². The first kappa shape index (κ1) is 20.3. The van der Waals surface area contributed by atoms with Crippen LogP contribution in [0.2, 0.25) is 0 Å². The summed E-state index contributed by atoms with van der Waals surface area (Å²) in [4.78, 5) is 10.4. The second kappa shape index (κ2) is 9.15. The molecule has 2 N–H and O–H groups in total. The molecule has 3 heterocycles. The van der Waals surface area contributed by atoms with E-state index >= 15 is 4.39 Å². The predicted octanol–water partition coefficient (Wildman–Crippen LogP) is 3.06. The first-order valence-corrected chi connectivity index (χ1v) is 10.3. The topological polar surface area (TPSA) is 62.3 Å². The Morgan fingerprint density at radius 1 is 1.26 bits per heavy atom. The molecule has 2 saturated heterocycles. The summed E-state index contributed by atoms with van der Waals surface area (Å²) in [7, 11) is 0. The Hall–Kier alpha value is -1.47. The van der Waals surface area contributed by atoms with Gasteiger partial charge in [0.15, 0.2) is 11.6 Å². The first-order valence-electron chi connectivity index (χ1n) is 10.3. The van der Waals surface area contributed by atoms with Gasteiger partial charge in [-0.15, -0.1) is 0 Å². The van der Waals surface area contributed by atoms with Gasteiger partial charge >= 0.3 is 0 Å². The van der Waals surface area contributed by atoms with E-state index in [4.69, 9.17) is 4.74 Å². The number of anilines is 2. The summed E-state index contributed by atoms with van der Waals surface area (Å²) in [6, 6.07) is 0. The van der Waals surface area contributed by atoms with E-state index in [1.165, 1.54) is 6.33 Å². The molecule has 27 heavy (non-hydrogen) atoms. The van der Waals surface area contributed by atoms with Crippen LogP contribution in [0.5, 0.6) is 0 Å². The van der Waals surface area contributed by atoms with Gasteiger partial charge in [-0.05, 0) is 71.4 Å². The zero-order valence-electron chi connectivity index (χ0n) is 16.9. The number of aromatic nitrogens is 2. The van der Waals surface area contributed by atoms with Gasteiger partial charge in [-0.3, -0.25) is 0 Å². The number of hydrogen-bond acceptors (Lipinski definition) is 6. The van der Waals surface area contributed by atoms with Crippen LogP contribution < -0.4 is 15.5 Å². The maximum absolute atomic E-state index is 15.1. The minimum atomic E-state index is -0.342. The van der Waals surface area contributed by atoms with E-state index in [-0.39, 0.29) is 11.4 Å². The fourth-order valence-corrected chi connectivity index (χ4v) is 3.90. The lowest BCUT2D eigenvalue weighted by Crippen LogP contribution is -2.40. The summed E-state index contributed by atoms with van der Waals surface area (Å²) in [5, 5.41) is 6.57. The lowest BCUT2D eigenvalue weighted by atomic mass is 9.91. The van der Waals surface area contributed by atoms with Gasteiger partial charge < -0.3 is 20.3 Å². The molecule has 2 aliphatic rings. The Labute approximate surface area is 162 Å². The van der Waals surface area contributed by atoms with Gasteiger partial charge in [-0.25, -0.2) is 9.97 Å². The largest absolute Gasteiger partial charge is 0.375 e. The zero-order valence-corrected chi connectivity index (χ0v) is 16.9. The number of rotatable bonds is 7. The molecule has 1 unspecified atom stereocenters. The van der Waals surface area contributed by atoms with Gasteiger partial charge in [0.2, 0.25) is 5.82 Å². The molecule has 0 amide bonds. The zero-order chi connectivity index (χ0) is 19.3. The molecular formula is C20H34FN5O. The molecule has 0 bridgehead atoms. The second-order valence-corrected chi connectivity index (χ2v) is 8.45. The summed E-state index contributed by atoms with van der Waals surface area (Å²) in [6.45, 7) is 11.3. The summed E-state index contributed by atoms with van der Waals surface area (Å²) in [5.41, 5.74) is -0.0422. The van der Waals surface area contributed by atoms with E-state index in [2.05, 4.69) is 34.4 Å². The summed E-state index contributed by atoms with van der Waals surface area (Å²) >= 11 is 0. The highest BCUT2D eigenvalue weighted by Gasteiger charge is 2.29. The van der Waals surface area contributed by atoms with Gasteiger partial charge in [0, 0.05) is 19.6 Å². The molecule has 6 nitrogen and oxygen atoms in total. The quantitative estimate of drug-likeness (QED) is 0.759. The predicted molar refractivity (Wildman–Crippen MR) is 107 cm³/mol. The number of ether oxygens (including phenoxy) is 1. The summed E-state index contributed by atoms with van der Waals surface area (Å²) < 4.78 is 21.0. The third-order valence-corrected chi connectivity index (χ3v) is 5.81. The van der Waals surface area contributed by atoms with Crippen molar-refractivity contribution in [2.75, 3.05) is 49.5 Å². The first-order chi connectivity index (χ1) is 13.0. The van der Waals surface area contributed by atoms with Gasteiger partial charge in [0.25, 0.3) is 0 Å². The minimum Gasteiger partial charge on any atom is -0.375 e. The average Bonchev–Trinajstić information content (AvgIpc) is 2.67. The maximum Gasteiger partial charge on any atom is 0.207 e. The van der Waals surface area contributed by atoms with Crippen molar-refractivity contribution in [1.82, 2.24) is 15.3 Å². The number of nitrogens with zero attached hydrogens (tertiary/aromatic N) is 3. The summed E-state index contributed by atoms with van der Waals surface area (Å²) in [6.07, 6.45) is 5.82. The molecule has 0 aliphatic carbocycles. The van der Waals surface area contributed by atoms with Gasteiger partial charge in [-0.1, -0.05) is 0 Å². The Morgan fingerprint density at radius 2 is 2.04 bits per heavy atom. The van der Waals surface area contributed by atoms with E-state index < -0.39 is 0 Å². The highest BCUT2D eigenvalue weighted by atomic mass is 19.1. The molecule has 1 aromatic heterocycles. The number of halogens is 1. The van der Waals surface area contributed by atoms with Crippen molar-refractivity contribution in [2.24, 2.45) is 11.8 Å². The Bertz CT molecular complexity index is 596. The van der Waals surface area contributed by atoms with Crippen molar-refractivity contribution in [3.05, 3.63) is 12.1 Å². The Kier molecular flexibility index (Phi) is 6.87. The third-order valence-electron chi connectivity index (χ3n) is 5.81. The smallest absolute Gasteiger partial charge is 0.207 e. The normalized spacial score (nSPS) is 23.2. The van der Waals surface area contributed by atoms with Crippen molar-refractivity contribution in [3.63, 3.8) is 0 Å². The van der Waals surface area contributed by atoms with Crippen LogP contribution in [0.15, 0.2) is 6.33 Å². The van der Waals surface area contributed by atoms with Crippen LogP contribution in [0.1, 0.15) is 46.5 Å². The average molecular weight is 380 g/mol. The highest BCUT2D eigenvalue weighted by Crippen LogP contribution is 2.29. The molecule has 0 spiro atoms. The van der Waals surface area contributed by atoms with Crippen LogP contribution in [-0.4, -0.2) is 54.9 Å². The molecular weight excluding hydrogens is 345 g/mol. The van der Waals surface area contributed by atoms with Crippen LogP contribution >= 0.6 is 0 Å². The summed E-state index contributed by atoms with van der Waals surface area (Å²) in [5.74, 6) is 1.33. The van der Waals surface area contributed by atoms with Crippen molar-refractivity contribution in [1.29, 1.82) is 0 Å². The molecule has 1 atom stereocenters. The lowest BCUT2D eigenvalue weighted by Gasteiger charge is -2.37. The van der Waals surface area contributed by atoms with Crippen LogP contribution in [0.3, 0.4) is 0 Å². The molecule has 3 rings (SSSR count). The monoisotopic (exact) mass is 379 g/mol. The van der Waals surface area contributed by atoms with E-state index in [1.54, 1.807) is 0 Å².